The van der Waals surface area contributed by atoms with Gasteiger partial charge in [-0.25, -0.2) is 0 Å². The minimum atomic E-state index is -0.280. The van der Waals surface area contributed by atoms with Crippen molar-refractivity contribution in [2.45, 2.75) is 52.1 Å². The van der Waals surface area contributed by atoms with Gasteiger partial charge in [0.1, 0.15) is 0 Å². The Kier molecular flexibility index (Phi) is 4.88. The van der Waals surface area contributed by atoms with Crippen LogP contribution in [0.5, 0.6) is 0 Å². The van der Waals surface area contributed by atoms with Crippen LogP contribution in [0.4, 0.5) is 0 Å². The van der Waals surface area contributed by atoms with Gasteiger partial charge in [-0.2, -0.15) is 0 Å². The lowest BCUT2D eigenvalue weighted by atomic mass is 10.5. The summed E-state index contributed by atoms with van der Waals surface area (Å²) in [4.78, 5) is 0. The molecular formula is C9H19Si. The summed E-state index contributed by atoms with van der Waals surface area (Å²) in [6.45, 7) is 11.5. The molecule has 0 spiro atoms. The van der Waals surface area contributed by atoms with Gasteiger partial charge in [0.2, 0.25) is 0 Å². The molecule has 0 aromatic carbocycles. The zero-order chi connectivity index (χ0) is 8.15. The SMILES string of the molecule is CC[C]=[Si](C(C)C)C(C)C. The lowest BCUT2D eigenvalue weighted by Crippen LogP contribution is -2.13. The molecule has 0 saturated heterocycles. The van der Waals surface area contributed by atoms with E-state index in [1.54, 1.807) is 0 Å². The average Bonchev–Trinajstić information content (AvgIpc) is 1.81. The Morgan fingerprint density at radius 2 is 1.50 bits per heavy atom. The second-order valence-corrected chi connectivity index (χ2v) is 6.87. The van der Waals surface area contributed by atoms with E-state index in [9.17, 15) is 0 Å². The van der Waals surface area contributed by atoms with Crippen molar-refractivity contribution in [3.05, 3.63) is 0 Å². The molecule has 0 fully saturated rings. The third-order valence-corrected chi connectivity index (χ3v) is 4.87. The van der Waals surface area contributed by atoms with Gasteiger partial charge in [-0.05, 0) is 17.5 Å². The van der Waals surface area contributed by atoms with Gasteiger partial charge in [0.15, 0.2) is 0 Å². The van der Waals surface area contributed by atoms with Crippen LogP contribution >= 0.6 is 0 Å². The van der Waals surface area contributed by atoms with Gasteiger partial charge in [0.25, 0.3) is 0 Å². The van der Waals surface area contributed by atoms with E-state index in [-0.39, 0.29) is 8.41 Å². The van der Waals surface area contributed by atoms with Crippen LogP contribution in [0, 0.1) is 0 Å². The van der Waals surface area contributed by atoms with Gasteiger partial charge in [0, 0.05) is 8.41 Å². The maximum absolute atomic E-state index is 3.58. The first-order valence-corrected chi connectivity index (χ1v) is 5.85. The molecule has 0 aliphatic rings. The van der Waals surface area contributed by atoms with E-state index < -0.39 is 0 Å². The fourth-order valence-corrected chi connectivity index (χ4v) is 3.84. The Morgan fingerprint density at radius 1 is 1.10 bits per heavy atom. The Bertz CT molecular complexity index is 102. The van der Waals surface area contributed by atoms with Gasteiger partial charge < -0.3 is 0 Å². The van der Waals surface area contributed by atoms with Crippen molar-refractivity contribution in [2.24, 2.45) is 0 Å². The highest BCUT2D eigenvalue weighted by atomic mass is 28.2. The van der Waals surface area contributed by atoms with Crippen molar-refractivity contribution in [1.29, 1.82) is 0 Å². The molecule has 0 N–H and O–H groups in total. The van der Waals surface area contributed by atoms with Crippen molar-refractivity contribution in [1.82, 2.24) is 0 Å². The molecule has 1 heteroatoms. The van der Waals surface area contributed by atoms with Gasteiger partial charge in [-0.3, -0.25) is 0 Å². The fraction of sp³-hybridized carbons (Fsp3) is 0.889. The summed E-state index contributed by atoms with van der Waals surface area (Å²) in [6.07, 6.45) is 1.13. The molecule has 10 heavy (non-hydrogen) atoms. The van der Waals surface area contributed by atoms with E-state index in [1.165, 1.54) is 0 Å². The second-order valence-electron chi connectivity index (χ2n) is 3.30. The van der Waals surface area contributed by atoms with Crippen molar-refractivity contribution >= 4 is 14.1 Å². The molecule has 0 nitrogen and oxygen atoms in total. The smallest absolute Gasteiger partial charge is 0.0192 e. The summed E-state index contributed by atoms with van der Waals surface area (Å²) in [7, 11) is -0.280. The first-order chi connectivity index (χ1) is 4.59. The molecular weight excluding hydrogens is 136 g/mol. The van der Waals surface area contributed by atoms with E-state index >= 15 is 0 Å². The highest BCUT2D eigenvalue weighted by molar-refractivity contribution is 6.68. The second kappa shape index (κ2) is 4.83. The monoisotopic (exact) mass is 155 g/mol. The quantitative estimate of drug-likeness (QED) is 0.550. The number of rotatable bonds is 3. The summed E-state index contributed by atoms with van der Waals surface area (Å²) < 4.78 is 0. The summed E-state index contributed by atoms with van der Waals surface area (Å²) >= 11 is 0. The van der Waals surface area contributed by atoms with E-state index in [4.69, 9.17) is 0 Å². The van der Waals surface area contributed by atoms with Crippen LogP contribution in [-0.4, -0.2) is 14.1 Å². The number of hydrogen-bond donors (Lipinski definition) is 0. The van der Waals surface area contributed by atoms with Crippen LogP contribution in [0.2, 0.25) is 11.1 Å². The molecule has 0 aliphatic carbocycles. The average molecular weight is 155 g/mol. The van der Waals surface area contributed by atoms with E-state index in [0.29, 0.717) is 0 Å². The van der Waals surface area contributed by atoms with Crippen LogP contribution < -0.4 is 0 Å². The molecule has 0 aromatic rings. The Morgan fingerprint density at radius 3 is 1.60 bits per heavy atom. The molecule has 0 amide bonds. The molecule has 0 saturated carbocycles. The fourth-order valence-electron chi connectivity index (χ4n) is 1.28. The van der Waals surface area contributed by atoms with Gasteiger partial charge in [0.05, 0.1) is 0 Å². The maximum atomic E-state index is 3.58. The summed E-state index contributed by atoms with van der Waals surface area (Å²) in [5.41, 5.74) is 5.29. The lowest BCUT2D eigenvalue weighted by molar-refractivity contribution is 0.963. The van der Waals surface area contributed by atoms with E-state index in [1.807, 2.05) is 0 Å². The van der Waals surface area contributed by atoms with Crippen LogP contribution in [-0.2, 0) is 0 Å². The van der Waals surface area contributed by atoms with Gasteiger partial charge in [-0.15, -0.1) is 0 Å². The normalized spacial score (nSPS) is 10.7. The first kappa shape index (κ1) is 10.1. The van der Waals surface area contributed by atoms with Crippen molar-refractivity contribution < 1.29 is 0 Å². The zero-order valence-electron chi connectivity index (χ0n) is 7.86. The molecule has 59 valence electrons. The van der Waals surface area contributed by atoms with Crippen molar-refractivity contribution in [2.75, 3.05) is 0 Å². The molecule has 0 atom stereocenters. The largest absolute Gasteiger partial charge is 0.0694 e. The Balaban J connectivity index is 4.12. The third-order valence-electron chi connectivity index (χ3n) is 1.62. The molecule has 0 bridgehead atoms. The summed E-state index contributed by atoms with van der Waals surface area (Å²) in [5.74, 6) is 0. The van der Waals surface area contributed by atoms with Gasteiger partial charge in [-0.1, -0.05) is 40.3 Å². The summed E-state index contributed by atoms with van der Waals surface area (Å²) in [6, 6.07) is 0. The first-order valence-electron chi connectivity index (χ1n) is 4.20. The van der Waals surface area contributed by atoms with Crippen LogP contribution in [0.3, 0.4) is 0 Å². The third kappa shape index (κ3) is 3.30. The highest BCUT2D eigenvalue weighted by Gasteiger charge is 2.07. The van der Waals surface area contributed by atoms with E-state index in [0.717, 1.165) is 17.5 Å². The topological polar surface area (TPSA) is 0 Å². The molecule has 0 aliphatic heterocycles. The van der Waals surface area contributed by atoms with Crippen LogP contribution in [0.1, 0.15) is 41.0 Å². The lowest BCUT2D eigenvalue weighted by Gasteiger charge is -2.12. The van der Waals surface area contributed by atoms with Crippen LogP contribution in [0.25, 0.3) is 0 Å². The molecule has 0 aromatic heterocycles. The Labute approximate surface area is 66.9 Å². The van der Waals surface area contributed by atoms with Crippen molar-refractivity contribution in [3.63, 3.8) is 0 Å². The molecule has 0 heterocycles. The Hall–Kier alpha value is 0.0869. The van der Waals surface area contributed by atoms with E-state index in [2.05, 4.69) is 40.3 Å². The number of hydrogen-bond acceptors (Lipinski definition) is 0. The predicted octanol–water partition coefficient (Wildman–Crippen LogP) is 2.97. The maximum Gasteiger partial charge on any atom is 0.0192 e. The van der Waals surface area contributed by atoms with Crippen molar-refractivity contribution in [3.8, 4) is 0 Å². The summed E-state index contributed by atoms with van der Waals surface area (Å²) in [5, 5.41) is 0. The zero-order valence-corrected chi connectivity index (χ0v) is 8.86. The standard InChI is InChI=1S/C9H19Si/c1-6-7-10(8(2)3)9(4)5/h8-9H,6H2,1-5H3. The van der Waals surface area contributed by atoms with Gasteiger partial charge >= 0.3 is 0 Å². The van der Waals surface area contributed by atoms with Crippen LogP contribution in [0.15, 0.2) is 0 Å². The molecule has 0 unspecified atom stereocenters. The molecule has 1 radical (unpaired) electrons. The molecule has 0 rings (SSSR count). The minimum absolute atomic E-state index is 0.280. The predicted molar refractivity (Wildman–Crippen MR) is 51.2 cm³/mol. The minimum Gasteiger partial charge on any atom is -0.0694 e. The highest BCUT2D eigenvalue weighted by Crippen LogP contribution is 2.13.